The smallest absolute Gasteiger partial charge is 0.399 e. The molecule has 3 aromatic carbocycles. The Morgan fingerprint density at radius 2 is 1.46 bits per heavy atom. The van der Waals surface area contributed by atoms with Gasteiger partial charge in [-0.2, -0.15) is 0 Å². The zero-order valence-corrected chi connectivity index (χ0v) is 16.3. The fraction of sp³-hybridized carbons (Fsp3) is 0.273. The molecule has 1 saturated heterocycles. The Balaban J connectivity index is 1.81. The molecule has 1 aliphatic rings. The first-order valence-corrected chi connectivity index (χ1v) is 9.29. The van der Waals surface area contributed by atoms with Crippen molar-refractivity contribution in [3.05, 3.63) is 65.7 Å². The number of rotatable bonds is 2. The summed E-state index contributed by atoms with van der Waals surface area (Å²) in [7, 11) is -0.424. The molecule has 0 aliphatic carbocycles. The van der Waals surface area contributed by atoms with Gasteiger partial charge in [0.2, 0.25) is 0 Å². The van der Waals surface area contributed by atoms with E-state index >= 15 is 0 Å². The van der Waals surface area contributed by atoms with Crippen LogP contribution in [0.1, 0.15) is 27.7 Å². The Morgan fingerprint density at radius 1 is 0.808 bits per heavy atom. The fourth-order valence-corrected chi connectivity index (χ4v) is 3.60. The van der Waals surface area contributed by atoms with Crippen LogP contribution in [0.25, 0.3) is 21.9 Å². The van der Waals surface area contributed by atoms with Gasteiger partial charge < -0.3 is 9.31 Å². The molecule has 4 heteroatoms. The maximum absolute atomic E-state index is 6.46. The van der Waals surface area contributed by atoms with E-state index in [0.29, 0.717) is 5.02 Å². The summed E-state index contributed by atoms with van der Waals surface area (Å²) in [5.74, 6) is 0. The topological polar surface area (TPSA) is 18.5 Å². The molecule has 0 aromatic heterocycles. The van der Waals surface area contributed by atoms with Gasteiger partial charge >= 0.3 is 7.12 Å². The third kappa shape index (κ3) is 2.94. The number of halogens is 1. The first-order valence-electron chi connectivity index (χ1n) is 8.91. The van der Waals surface area contributed by atoms with Gasteiger partial charge in [-0.25, -0.2) is 0 Å². The minimum absolute atomic E-state index is 0.375. The molecular weight excluding hydrogens is 343 g/mol. The Kier molecular flexibility index (Phi) is 4.15. The zero-order valence-electron chi connectivity index (χ0n) is 15.5. The number of benzene rings is 3. The molecule has 26 heavy (non-hydrogen) atoms. The predicted molar refractivity (Wildman–Crippen MR) is 110 cm³/mol. The van der Waals surface area contributed by atoms with Crippen LogP contribution in [0.3, 0.4) is 0 Å². The number of hydrogen-bond donors (Lipinski definition) is 0. The van der Waals surface area contributed by atoms with Gasteiger partial charge in [0.25, 0.3) is 0 Å². The Bertz CT molecular complexity index is 960. The maximum atomic E-state index is 6.46. The molecule has 0 amide bonds. The molecule has 0 N–H and O–H groups in total. The van der Waals surface area contributed by atoms with E-state index < -0.39 is 7.12 Å². The summed E-state index contributed by atoms with van der Waals surface area (Å²) in [6, 6.07) is 20.8. The van der Waals surface area contributed by atoms with Crippen LogP contribution in [0, 0.1) is 0 Å². The summed E-state index contributed by atoms with van der Waals surface area (Å²) in [6.45, 7) is 8.23. The van der Waals surface area contributed by atoms with Crippen LogP contribution in [-0.2, 0) is 9.31 Å². The first kappa shape index (κ1) is 17.6. The molecule has 1 aliphatic heterocycles. The molecule has 0 bridgehead atoms. The average molecular weight is 365 g/mol. The average Bonchev–Trinajstić information content (AvgIpc) is 2.81. The van der Waals surface area contributed by atoms with Gasteiger partial charge in [0.1, 0.15) is 0 Å². The molecule has 0 spiro atoms. The van der Waals surface area contributed by atoms with E-state index in [9.17, 15) is 0 Å². The second-order valence-corrected chi connectivity index (χ2v) is 8.32. The highest BCUT2D eigenvalue weighted by atomic mass is 35.5. The lowest BCUT2D eigenvalue weighted by atomic mass is 9.77. The van der Waals surface area contributed by atoms with Crippen molar-refractivity contribution in [2.45, 2.75) is 38.9 Å². The van der Waals surface area contributed by atoms with Crippen LogP contribution in [0.4, 0.5) is 0 Å². The van der Waals surface area contributed by atoms with Crippen molar-refractivity contribution in [1.29, 1.82) is 0 Å². The quantitative estimate of drug-likeness (QED) is 0.562. The van der Waals surface area contributed by atoms with E-state index in [2.05, 4.69) is 76.2 Å². The largest absolute Gasteiger partial charge is 0.494 e. The van der Waals surface area contributed by atoms with Crippen molar-refractivity contribution in [2.24, 2.45) is 0 Å². The third-order valence-electron chi connectivity index (χ3n) is 5.55. The van der Waals surface area contributed by atoms with Crippen LogP contribution >= 0.6 is 11.6 Å². The molecule has 2 nitrogen and oxygen atoms in total. The lowest BCUT2D eigenvalue weighted by Gasteiger charge is -2.32. The Morgan fingerprint density at radius 3 is 2.19 bits per heavy atom. The van der Waals surface area contributed by atoms with Crippen LogP contribution in [0.2, 0.25) is 5.02 Å². The van der Waals surface area contributed by atoms with Gasteiger partial charge in [-0.1, -0.05) is 60.1 Å². The minimum atomic E-state index is -0.424. The van der Waals surface area contributed by atoms with Crippen molar-refractivity contribution in [2.75, 3.05) is 0 Å². The second-order valence-electron chi connectivity index (χ2n) is 7.89. The van der Waals surface area contributed by atoms with E-state index in [1.807, 2.05) is 12.1 Å². The van der Waals surface area contributed by atoms with Crippen molar-refractivity contribution < 1.29 is 9.31 Å². The van der Waals surface area contributed by atoms with Gasteiger partial charge in [-0.3, -0.25) is 0 Å². The van der Waals surface area contributed by atoms with Crippen LogP contribution in [0.15, 0.2) is 60.7 Å². The third-order valence-corrected chi connectivity index (χ3v) is 5.76. The van der Waals surface area contributed by atoms with Crippen molar-refractivity contribution in [3.63, 3.8) is 0 Å². The van der Waals surface area contributed by atoms with Gasteiger partial charge in [0, 0.05) is 5.02 Å². The van der Waals surface area contributed by atoms with Crippen molar-refractivity contribution in [1.82, 2.24) is 0 Å². The molecule has 0 unspecified atom stereocenters. The molecular formula is C22H22BClO2. The van der Waals surface area contributed by atoms with Crippen LogP contribution in [0.5, 0.6) is 0 Å². The van der Waals surface area contributed by atoms with Gasteiger partial charge in [-0.15, -0.1) is 0 Å². The summed E-state index contributed by atoms with van der Waals surface area (Å²) >= 11 is 6.46. The lowest BCUT2D eigenvalue weighted by molar-refractivity contribution is 0.00578. The van der Waals surface area contributed by atoms with Crippen LogP contribution < -0.4 is 5.46 Å². The molecule has 0 saturated carbocycles. The van der Waals surface area contributed by atoms with E-state index in [-0.39, 0.29) is 11.2 Å². The van der Waals surface area contributed by atoms with E-state index in [1.54, 1.807) is 0 Å². The van der Waals surface area contributed by atoms with Crippen LogP contribution in [-0.4, -0.2) is 18.3 Å². The van der Waals surface area contributed by atoms with Gasteiger partial charge in [-0.05, 0) is 67.2 Å². The number of hydrogen-bond acceptors (Lipinski definition) is 2. The lowest BCUT2D eigenvalue weighted by Crippen LogP contribution is -2.41. The molecule has 4 rings (SSSR count). The van der Waals surface area contributed by atoms with E-state index in [1.165, 1.54) is 10.8 Å². The molecule has 132 valence electrons. The van der Waals surface area contributed by atoms with Gasteiger partial charge in [0.15, 0.2) is 0 Å². The SMILES string of the molecule is CC1(C)OB(c2cc(Cl)cc(-c3cccc4ccccc34)c2)OC1(C)C. The summed E-state index contributed by atoms with van der Waals surface area (Å²) < 4.78 is 12.4. The fourth-order valence-electron chi connectivity index (χ4n) is 3.36. The normalized spacial score (nSPS) is 18.4. The van der Waals surface area contributed by atoms with Gasteiger partial charge in [0.05, 0.1) is 11.2 Å². The highest BCUT2D eigenvalue weighted by molar-refractivity contribution is 6.62. The maximum Gasteiger partial charge on any atom is 0.494 e. The van der Waals surface area contributed by atoms with Crippen molar-refractivity contribution >= 4 is 35.0 Å². The summed E-state index contributed by atoms with van der Waals surface area (Å²) in [4.78, 5) is 0. The standard InChI is InChI=1S/C22H22BClO2/c1-21(2)22(3,4)26-23(25-21)17-12-16(13-18(24)14-17)20-11-7-9-15-8-5-6-10-19(15)20/h5-14H,1-4H3. The summed E-state index contributed by atoms with van der Waals surface area (Å²) in [5.41, 5.74) is 2.42. The zero-order chi connectivity index (χ0) is 18.5. The first-order chi connectivity index (χ1) is 12.3. The monoisotopic (exact) mass is 364 g/mol. The Labute approximate surface area is 160 Å². The highest BCUT2D eigenvalue weighted by Gasteiger charge is 2.51. The second kappa shape index (κ2) is 6.12. The highest BCUT2D eigenvalue weighted by Crippen LogP contribution is 2.37. The summed E-state index contributed by atoms with van der Waals surface area (Å²) in [5, 5.41) is 3.10. The summed E-state index contributed by atoms with van der Waals surface area (Å²) in [6.07, 6.45) is 0. The van der Waals surface area contributed by atoms with E-state index in [0.717, 1.165) is 16.6 Å². The predicted octanol–water partition coefficient (Wildman–Crippen LogP) is 5.46. The molecule has 0 radical (unpaired) electrons. The molecule has 1 heterocycles. The Hall–Kier alpha value is -1.81. The molecule has 1 fully saturated rings. The minimum Gasteiger partial charge on any atom is -0.399 e. The van der Waals surface area contributed by atoms with Crippen molar-refractivity contribution in [3.8, 4) is 11.1 Å². The molecule has 3 aromatic rings. The van der Waals surface area contributed by atoms with E-state index in [4.69, 9.17) is 20.9 Å². The number of fused-ring (bicyclic) bond motifs is 1. The molecule has 0 atom stereocenters.